The van der Waals surface area contributed by atoms with E-state index in [4.69, 9.17) is 9.84 Å². The van der Waals surface area contributed by atoms with Gasteiger partial charge < -0.3 is 14.7 Å². The second-order valence-electron chi connectivity index (χ2n) is 6.67. The van der Waals surface area contributed by atoms with Gasteiger partial charge in [-0.05, 0) is 51.3 Å². The topological polar surface area (TPSA) is 66.8 Å². The van der Waals surface area contributed by atoms with Gasteiger partial charge in [-0.3, -0.25) is 0 Å². The molecule has 0 spiro atoms. The van der Waals surface area contributed by atoms with Crippen LogP contribution in [0.3, 0.4) is 0 Å². The molecule has 1 aromatic carbocycles. The number of carboxylic acid groups (broad SMARTS) is 1. The number of likely N-dealkylation sites (tertiary alicyclic amines) is 1. The van der Waals surface area contributed by atoms with E-state index in [2.05, 4.69) is 0 Å². The van der Waals surface area contributed by atoms with Gasteiger partial charge >= 0.3 is 12.1 Å². The normalized spacial score (nSPS) is 18.4. The Hall–Kier alpha value is -2.30. The molecule has 1 unspecified atom stereocenters. The van der Waals surface area contributed by atoms with Gasteiger partial charge in [0, 0.05) is 6.54 Å². The molecule has 0 aromatic heterocycles. The van der Waals surface area contributed by atoms with Gasteiger partial charge in [0.15, 0.2) is 0 Å². The number of aromatic carboxylic acids is 1. The fourth-order valence-corrected chi connectivity index (χ4v) is 2.50. The Labute approximate surface area is 136 Å². The summed E-state index contributed by atoms with van der Waals surface area (Å²) in [6.45, 7) is 6.27. The molecule has 1 aliphatic heterocycles. The number of hydrogen-bond donors (Lipinski definition) is 1. The van der Waals surface area contributed by atoms with Crippen LogP contribution in [0.5, 0.6) is 0 Å². The second kappa shape index (κ2) is 6.86. The van der Waals surface area contributed by atoms with Crippen LogP contribution in [0.2, 0.25) is 0 Å². The predicted molar refractivity (Wildman–Crippen MR) is 88.4 cm³/mol. The maximum atomic E-state index is 12.2. The van der Waals surface area contributed by atoms with Gasteiger partial charge in [-0.25, -0.2) is 9.59 Å². The zero-order valence-corrected chi connectivity index (χ0v) is 13.8. The lowest BCUT2D eigenvalue weighted by Gasteiger charge is -2.27. The number of rotatable bonds is 3. The molecule has 23 heavy (non-hydrogen) atoms. The number of carboxylic acids is 1. The van der Waals surface area contributed by atoms with Crippen molar-refractivity contribution in [2.24, 2.45) is 0 Å². The number of nitrogens with zero attached hydrogens (tertiary/aromatic N) is 1. The number of benzene rings is 1. The fraction of sp³-hybridized carbons (Fsp3) is 0.444. The van der Waals surface area contributed by atoms with E-state index < -0.39 is 11.6 Å². The van der Waals surface area contributed by atoms with E-state index in [0.717, 1.165) is 18.4 Å². The number of ether oxygens (including phenoxy) is 1. The summed E-state index contributed by atoms with van der Waals surface area (Å²) in [6, 6.07) is 6.67. The average molecular weight is 317 g/mol. The first kappa shape index (κ1) is 17.1. The molecule has 0 aliphatic carbocycles. The van der Waals surface area contributed by atoms with Crippen molar-refractivity contribution in [2.75, 3.05) is 6.54 Å². The molecule has 1 aliphatic rings. The highest BCUT2D eigenvalue weighted by Gasteiger charge is 2.30. The van der Waals surface area contributed by atoms with E-state index in [1.807, 2.05) is 32.9 Å². The summed E-state index contributed by atoms with van der Waals surface area (Å²) in [7, 11) is 0. The van der Waals surface area contributed by atoms with E-state index in [1.165, 1.54) is 0 Å². The van der Waals surface area contributed by atoms with Crippen molar-refractivity contribution in [3.05, 3.63) is 41.5 Å². The highest BCUT2D eigenvalue weighted by molar-refractivity contribution is 5.87. The lowest BCUT2D eigenvalue weighted by molar-refractivity contribution is 0.0256. The molecule has 1 fully saturated rings. The van der Waals surface area contributed by atoms with E-state index in [0.29, 0.717) is 6.54 Å². The molecule has 0 bridgehead atoms. The van der Waals surface area contributed by atoms with Crippen LogP contribution in [0.4, 0.5) is 4.79 Å². The molecule has 1 aromatic rings. The predicted octanol–water partition coefficient (Wildman–Crippen LogP) is 3.80. The Morgan fingerprint density at radius 2 is 1.91 bits per heavy atom. The minimum absolute atomic E-state index is 0.0176. The summed E-state index contributed by atoms with van der Waals surface area (Å²) in [5.41, 5.74) is 0.671. The van der Waals surface area contributed by atoms with Crippen LogP contribution in [-0.2, 0) is 4.74 Å². The van der Waals surface area contributed by atoms with Crippen molar-refractivity contribution in [1.82, 2.24) is 4.90 Å². The molecule has 0 saturated carbocycles. The maximum Gasteiger partial charge on any atom is 0.410 e. The van der Waals surface area contributed by atoms with Crippen molar-refractivity contribution >= 4 is 18.1 Å². The zero-order chi connectivity index (χ0) is 17.0. The standard InChI is InChI=1S/C18H23NO4/c1-18(2,3)23-17(22)19-12-4-5-15(19)11-8-13-6-9-14(10-7-13)16(20)21/h6-11,15H,4-5,12H2,1-3H3,(H,20,21)/b11-8+. The van der Waals surface area contributed by atoms with Gasteiger partial charge in [-0.2, -0.15) is 0 Å². The van der Waals surface area contributed by atoms with Gasteiger partial charge in [-0.1, -0.05) is 24.3 Å². The van der Waals surface area contributed by atoms with Crippen LogP contribution in [0.1, 0.15) is 49.5 Å². The van der Waals surface area contributed by atoms with Crippen LogP contribution in [-0.4, -0.2) is 40.3 Å². The molecule has 1 saturated heterocycles. The third-order valence-corrected chi connectivity index (χ3v) is 3.60. The Kier molecular flexibility index (Phi) is 5.08. The fourth-order valence-electron chi connectivity index (χ4n) is 2.50. The molecule has 1 amide bonds. The lowest BCUT2D eigenvalue weighted by Crippen LogP contribution is -2.39. The minimum atomic E-state index is -0.938. The Balaban J connectivity index is 2.03. The summed E-state index contributed by atoms with van der Waals surface area (Å²) >= 11 is 0. The van der Waals surface area contributed by atoms with Crippen molar-refractivity contribution in [3.8, 4) is 0 Å². The molecular formula is C18H23NO4. The summed E-state index contributed by atoms with van der Waals surface area (Å²) < 4.78 is 5.43. The molecule has 1 N–H and O–H groups in total. The highest BCUT2D eigenvalue weighted by atomic mass is 16.6. The van der Waals surface area contributed by atoms with Gasteiger partial charge in [0.1, 0.15) is 5.60 Å². The number of amides is 1. The Bertz CT molecular complexity index is 598. The molecule has 0 radical (unpaired) electrons. The lowest BCUT2D eigenvalue weighted by atomic mass is 10.1. The van der Waals surface area contributed by atoms with Crippen LogP contribution in [0.25, 0.3) is 6.08 Å². The second-order valence-corrected chi connectivity index (χ2v) is 6.67. The van der Waals surface area contributed by atoms with Crippen molar-refractivity contribution in [3.63, 3.8) is 0 Å². The van der Waals surface area contributed by atoms with Crippen molar-refractivity contribution < 1.29 is 19.4 Å². The van der Waals surface area contributed by atoms with Gasteiger partial charge in [-0.15, -0.1) is 0 Å². The largest absolute Gasteiger partial charge is 0.478 e. The third kappa shape index (κ3) is 4.84. The van der Waals surface area contributed by atoms with Crippen LogP contribution < -0.4 is 0 Å². The molecule has 5 heteroatoms. The highest BCUT2D eigenvalue weighted by Crippen LogP contribution is 2.22. The van der Waals surface area contributed by atoms with Gasteiger partial charge in [0.05, 0.1) is 11.6 Å². The van der Waals surface area contributed by atoms with Crippen molar-refractivity contribution in [2.45, 2.75) is 45.3 Å². The Morgan fingerprint density at radius 3 is 2.48 bits per heavy atom. The van der Waals surface area contributed by atoms with E-state index >= 15 is 0 Å². The van der Waals surface area contributed by atoms with Gasteiger partial charge in [0.25, 0.3) is 0 Å². The number of carbonyl (C=O) groups is 2. The van der Waals surface area contributed by atoms with E-state index in [1.54, 1.807) is 29.2 Å². The first-order valence-electron chi connectivity index (χ1n) is 7.77. The van der Waals surface area contributed by atoms with E-state index in [-0.39, 0.29) is 17.7 Å². The third-order valence-electron chi connectivity index (χ3n) is 3.60. The minimum Gasteiger partial charge on any atom is -0.478 e. The molecule has 2 rings (SSSR count). The van der Waals surface area contributed by atoms with Crippen LogP contribution in [0, 0.1) is 0 Å². The Morgan fingerprint density at radius 1 is 1.26 bits per heavy atom. The summed E-state index contributed by atoms with van der Waals surface area (Å²) in [6.07, 6.45) is 5.46. The van der Waals surface area contributed by atoms with Gasteiger partial charge in [0.2, 0.25) is 0 Å². The molecule has 1 atom stereocenters. The molecule has 5 nitrogen and oxygen atoms in total. The van der Waals surface area contributed by atoms with E-state index in [9.17, 15) is 9.59 Å². The maximum absolute atomic E-state index is 12.2. The average Bonchev–Trinajstić information content (AvgIpc) is 2.92. The summed E-state index contributed by atoms with van der Waals surface area (Å²) in [4.78, 5) is 24.8. The van der Waals surface area contributed by atoms with Crippen LogP contribution in [0.15, 0.2) is 30.3 Å². The molecule has 124 valence electrons. The summed E-state index contributed by atoms with van der Waals surface area (Å²) in [5, 5.41) is 8.89. The zero-order valence-electron chi connectivity index (χ0n) is 13.8. The smallest absolute Gasteiger partial charge is 0.410 e. The molecule has 1 heterocycles. The quantitative estimate of drug-likeness (QED) is 0.921. The number of hydrogen-bond acceptors (Lipinski definition) is 3. The first-order valence-corrected chi connectivity index (χ1v) is 7.77. The number of carbonyl (C=O) groups excluding carboxylic acids is 1. The van der Waals surface area contributed by atoms with Crippen LogP contribution >= 0.6 is 0 Å². The summed E-state index contributed by atoms with van der Waals surface area (Å²) in [5.74, 6) is -0.938. The SMILES string of the molecule is CC(C)(C)OC(=O)N1CCCC1/C=C/c1ccc(C(=O)O)cc1. The van der Waals surface area contributed by atoms with Crippen molar-refractivity contribution in [1.29, 1.82) is 0 Å². The first-order chi connectivity index (χ1) is 10.8. The molecular weight excluding hydrogens is 294 g/mol. The monoisotopic (exact) mass is 317 g/mol.